The Morgan fingerprint density at radius 1 is 1.00 bits per heavy atom. The first-order valence-corrected chi connectivity index (χ1v) is 12.6. The largest absolute Gasteiger partial charge is 0.390 e. The molecule has 5 fully saturated rings. The number of hydrogen-bond acceptors (Lipinski definition) is 7. The van der Waals surface area contributed by atoms with E-state index >= 15 is 0 Å². The number of non-ortho nitro benzene ring substituents is 1. The molecule has 2 atom stereocenters. The first kappa shape index (κ1) is 22.3. The topological polar surface area (TPSA) is 112 Å². The molecule has 35 heavy (non-hydrogen) atoms. The number of benzene rings is 1. The zero-order chi connectivity index (χ0) is 24.2. The van der Waals surface area contributed by atoms with E-state index in [1.54, 1.807) is 18.2 Å². The van der Waals surface area contributed by atoms with E-state index in [2.05, 4.69) is 15.1 Å². The minimum atomic E-state index is -0.507. The van der Waals surface area contributed by atoms with E-state index in [0.29, 0.717) is 23.4 Å². The van der Waals surface area contributed by atoms with Crippen molar-refractivity contribution in [3.05, 3.63) is 58.3 Å². The van der Waals surface area contributed by atoms with Crippen molar-refractivity contribution in [1.82, 2.24) is 10.3 Å². The fourth-order valence-electron chi connectivity index (χ4n) is 7.15. The highest BCUT2D eigenvalue weighted by Gasteiger charge is 2.55. The molecule has 2 aromatic rings. The van der Waals surface area contributed by atoms with Gasteiger partial charge in [-0.2, -0.15) is 0 Å². The number of amides is 1. The van der Waals surface area contributed by atoms with Crippen LogP contribution in [-0.2, 0) is 0 Å². The van der Waals surface area contributed by atoms with Crippen LogP contribution in [0.2, 0.25) is 0 Å². The molecular formula is C26H31N5O4. The molecule has 0 spiro atoms. The predicted molar refractivity (Wildman–Crippen MR) is 132 cm³/mol. The molecule has 2 N–H and O–H groups in total. The second-order valence-electron chi connectivity index (χ2n) is 10.8. The number of rotatable bonds is 5. The highest BCUT2D eigenvalue weighted by molar-refractivity contribution is 5.93. The van der Waals surface area contributed by atoms with Crippen molar-refractivity contribution in [2.24, 2.45) is 17.8 Å². The van der Waals surface area contributed by atoms with Gasteiger partial charge in [0.2, 0.25) is 0 Å². The van der Waals surface area contributed by atoms with Crippen LogP contribution in [0.25, 0.3) is 0 Å². The Bertz CT molecular complexity index is 1110. The summed E-state index contributed by atoms with van der Waals surface area (Å²) in [4.78, 5) is 32.7. The van der Waals surface area contributed by atoms with E-state index in [9.17, 15) is 20.0 Å². The zero-order valence-electron chi connectivity index (χ0n) is 19.7. The summed E-state index contributed by atoms with van der Waals surface area (Å²) in [6.07, 6.45) is 4.75. The Balaban J connectivity index is 1.09. The lowest BCUT2D eigenvalue weighted by molar-refractivity contribution is -0.384. The summed E-state index contributed by atoms with van der Waals surface area (Å²) in [7, 11) is 0. The van der Waals surface area contributed by atoms with E-state index in [-0.39, 0.29) is 22.6 Å². The minimum absolute atomic E-state index is 0.0937. The minimum Gasteiger partial charge on any atom is -0.390 e. The third-order valence-electron chi connectivity index (χ3n) is 8.53. The van der Waals surface area contributed by atoms with E-state index in [1.807, 2.05) is 12.1 Å². The van der Waals surface area contributed by atoms with Gasteiger partial charge >= 0.3 is 0 Å². The first-order valence-electron chi connectivity index (χ1n) is 12.6. The molecule has 4 saturated carbocycles. The predicted octanol–water partition coefficient (Wildman–Crippen LogP) is 2.99. The molecule has 184 valence electrons. The fraction of sp³-hybridized carbons (Fsp3) is 0.538. The summed E-state index contributed by atoms with van der Waals surface area (Å²) in [5.74, 6) is 2.01. The number of nitrogens with zero attached hydrogens (tertiary/aromatic N) is 4. The van der Waals surface area contributed by atoms with Gasteiger partial charge in [0.15, 0.2) is 0 Å². The maximum Gasteiger partial charge on any atom is 0.270 e. The number of nitro benzene ring substituents is 1. The van der Waals surface area contributed by atoms with Gasteiger partial charge in [-0.25, -0.2) is 4.98 Å². The molecule has 1 aromatic heterocycles. The zero-order valence-corrected chi connectivity index (χ0v) is 19.7. The van der Waals surface area contributed by atoms with Gasteiger partial charge in [-0.15, -0.1) is 0 Å². The third kappa shape index (κ3) is 4.22. The number of nitro groups is 1. The summed E-state index contributed by atoms with van der Waals surface area (Å²) < 4.78 is 0. The van der Waals surface area contributed by atoms with Crippen molar-refractivity contribution in [3.8, 4) is 0 Å². The Labute approximate surface area is 204 Å². The van der Waals surface area contributed by atoms with Crippen LogP contribution < -0.4 is 15.1 Å². The number of nitrogens with one attached hydrogen (secondary N) is 1. The van der Waals surface area contributed by atoms with Crippen LogP contribution in [0.3, 0.4) is 0 Å². The maximum atomic E-state index is 13.2. The quantitative estimate of drug-likeness (QED) is 0.503. The summed E-state index contributed by atoms with van der Waals surface area (Å²) in [5.41, 5.74) is 0.993. The average Bonchev–Trinajstić information content (AvgIpc) is 2.85. The molecule has 2 unspecified atom stereocenters. The molecule has 1 amide bonds. The van der Waals surface area contributed by atoms with Crippen molar-refractivity contribution in [2.75, 3.05) is 36.0 Å². The smallest absolute Gasteiger partial charge is 0.270 e. The average molecular weight is 478 g/mol. The van der Waals surface area contributed by atoms with Crippen LogP contribution in [-0.4, -0.2) is 58.7 Å². The van der Waals surface area contributed by atoms with Gasteiger partial charge in [0, 0.05) is 50.0 Å². The first-order chi connectivity index (χ1) is 16.9. The summed E-state index contributed by atoms with van der Waals surface area (Å²) in [6, 6.07) is 12.4. The van der Waals surface area contributed by atoms with Crippen molar-refractivity contribution in [3.63, 3.8) is 0 Å². The lowest BCUT2D eigenvalue weighted by Gasteiger charge is -2.58. The Morgan fingerprint density at radius 3 is 2.29 bits per heavy atom. The van der Waals surface area contributed by atoms with Crippen LogP contribution in [0.5, 0.6) is 0 Å². The Morgan fingerprint density at radius 2 is 1.66 bits per heavy atom. The van der Waals surface area contributed by atoms with Gasteiger partial charge < -0.3 is 20.2 Å². The molecule has 4 aliphatic carbocycles. The molecule has 1 saturated heterocycles. The number of aliphatic hydroxyl groups is 1. The van der Waals surface area contributed by atoms with Gasteiger partial charge in [0.1, 0.15) is 11.5 Å². The van der Waals surface area contributed by atoms with Gasteiger partial charge in [0.25, 0.3) is 11.6 Å². The molecular weight excluding hydrogens is 446 g/mol. The number of carbonyl (C=O) groups is 1. The van der Waals surface area contributed by atoms with E-state index in [1.165, 1.54) is 12.1 Å². The summed E-state index contributed by atoms with van der Waals surface area (Å²) in [6.45, 7) is 3.04. The summed E-state index contributed by atoms with van der Waals surface area (Å²) >= 11 is 0. The number of pyridine rings is 1. The van der Waals surface area contributed by atoms with E-state index in [0.717, 1.165) is 69.8 Å². The van der Waals surface area contributed by atoms with Crippen molar-refractivity contribution in [2.45, 2.75) is 43.7 Å². The molecule has 1 aromatic carbocycles. The van der Waals surface area contributed by atoms with Crippen LogP contribution in [0, 0.1) is 27.9 Å². The second-order valence-corrected chi connectivity index (χ2v) is 10.8. The van der Waals surface area contributed by atoms with E-state index < -0.39 is 5.60 Å². The molecule has 0 radical (unpaired) electrons. The van der Waals surface area contributed by atoms with Crippen LogP contribution >= 0.6 is 0 Å². The SMILES string of the molecule is O=C(NC1C2CC3CC1CC(O)(C3)C2)c1cccc(N2CCN(c3ccc([N+](=O)[O-])cc3)CC2)n1. The fourth-order valence-corrected chi connectivity index (χ4v) is 7.15. The van der Waals surface area contributed by atoms with Crippen molar-refractivity contribution in [1.29, 1.82) is 0 Å². The van der Waals surface area contributed by atoms with Gasteiger partial charge in [-0.05, 0) is 74.1 Å². The van der Waals surface area contributed by atoms with Gasteiger partial charge in [-0.1, -0.05) is 6.07 Å². The van der Waals surface area contributed by atoms with Crippen LogP contribution in [0.15, 0.2) is 42.5 Å². The third-order valence-corrected chi connectivity index (χ3v) is 8.53. The Hall–Kier alpha value is -3.20. The highest BCUT2D eigenvalue weighted by Crippen LogP contribution is 2.55. The van der Waals surface area contributed by atoms with Gasteiger partial charge in [0.05, 0.1) is 10.5 Å². The lowest BCUT2D eigenvalue weighted by atomic mass is 9.52. The normalized spacial score (nSPS) is 31.5. The lowest BCUT2D eigenvalue weighted by Crippen LogP contribution is -2.61. The highest BCUT2D eigenvalue weighted by atomic mass is 16.6. The molecule has 7 rings (SSSR count). The number of aromatic nitrogens is 1. The van der Waals surface area contributed by atoms with Gasteiger partial charge in [-0.3, -0.25) is 14.9 Å². The summed E-state index contributed by atoms with van der Waals surface area (Å²) in [5, 5.41) is 25.0. The van der Waals surface area contributed by atoms with Crippen LogP contribution in [0.1, 0.15) is 42.6 Å². The monoisotopic (exact) mass is 477 g/mol. The van der Waals surface area contributed by atoms with Crippen molar-refractivity contribution < 1.29 is 14.8 Å². The van der Waals surface area contributed by atoms with Crippen LogP contribution in [0.4, 0.5) is 17.2 Å². The van der Waals surface area contributed by atoms with E-state index in [4.69, 9.17) is 4.98 Å². The molecule has 5 aliphatic rings. The number of anilines is 2. The molecule has 2 heterocycles. The maximum absolute atomic E-state index is 13.2. The second kappa shape index (κ2) is 8.48. The molecule has 1 aliphatic heterocycles. The molecule has 9 heteroatoms. The Kier molecular flexibility index (Phi) is 5.40. The number of piperazine rings is 1. The number of hydrogen-bond donors (Lipinski definition) is 2. The van der Waals surface area contributed by atoms with Crippen molar-refractivity contribution >= 4 is 23.1 Å². The molecule has 9 nitrogen and oxygen atoms in total. The molecule has 4 bridgehead atoms. The standard InChI is InChI=1S/C26H31N5O4/c32-25(28-24-18-12-17-13-19(24)16-26(33,14-17)15-18)22-2-1-3-23(27-22)30-10-8-29(9-11-30)20-4-6-21(7-5-20)31(34)35/h1-7,17-19,24,33H,8-16H2,(H,28,32). The number of carbonyl (C=O) groups excluding carboxylic acids is 1.